The van der Waals surface area contributed by atoms with E-state index in [1.165, 1.54) is 14.0 Å². The zero-order chi connectivity index (χ0) is 13.5. The second-order valence-corrected chi connectivity index (χ2v) is 5.49. The molecule has 0 aliphatic rings. The van der Waals surface area contributed by atoms with Crippen molar-refractivity contribution >= 4 is 16.0 Å². The molecule has 0 radical (unpaired) electrons. The van der Waals surface area contributed by atoms with Crippen molar-refractivity contribution in [3.05, 3.63) is 0 Å². The van der Waals surface area contributed by atoms with Gasteiger partial charge in [-0.25, -0.2) is 8.42 Å². The Morgan fingerprint density at radius 2 is 2.18 bits per heavy atom. The van der Waals surface area contributed by atoms with Crippen LogP contribution in [0.2, 0.25) is 0 Å². The second-order valence-electron chi connectivity index (χ2n) is 3.46. The highest BCUT2D eigenvalue weighted by Gasteiger charge is 2.27. The Kier molecular flexibility index (Phi) is 6.72. The van der Waals surface area contributed by atoms with Crippen LogP contribution in [0.25, 0.3) is 0 Å². The van der Waals surface area contributed by atoms with Crippen molar-refractivity contribution in [2.45, 2.75) is 31.1 Å². The van der Waals surface area contributed by atoms with Gasteiger partial charge in [-0.3, -0.25) is 4.79 Å². The molecule has 0 aromatic carbocycles. The molecule has 0 aliphatic carbocycles. The van der Waals surface area contributed by atoms with Crippen molar-refractivity contribution in [1.29, 1.82) is 5.26 Å². The van der Waals surface area contributed by atoms with Gasteiger partial charge in [0.15, 0.2) is 5.25 Å². The Morgan fingerprint density at radius 1 is 1.59 bits per heavy atom. The van der Waals surface area contributed by atoms with Crippen molar-refractivity contribution in [1.82, 2.24) is 4.72 Å². The molecule has 0 aromatic rings. The van der Waals surface area contributed by atoms with Crippen LogP contribution in [-0.4, -0.2) is 44.5 Å². The molecular formula is C9H16N2O5S. The van der Waals surface area contributed by atoms with E-state index in [-0.39, 0.29) is 6.42 Å². The standard InChI is InChI=1S/C9H16N2O5S/c1-7(6-10)17(14,15)11-8(9(12)13)4-3-5-16-2/h7-8,11H,3-5H2,1-2H3,(H,12,13). The van der Waals surface area contributed by atoms with E-state index in [0.717, 1.165) is 0 Å². The van der Waals surface area contributed by atoms with Crippen LogP contribution in [-0.2, 0) is 19.6 Å². The first-order valence-corrected chi connectivity index (χ1v) is 6.52. The number of methoxy groups -OCH3 is 1. The molecule has 0 aromatic heterocycles. The van der Waals surface area contributed by atoms with Gasteiger partial charge in [0.1, 0.15) is 6.04 Å². The van der Waals surface area contributed by atoms with Crippen molar-refractivity contribution in [3.8, 4) is 6.07 Å². The maximum Gasteiger partial charge on any atom is 0.321 e. The summed E-state index contributed by atoms with van der Waals surface area (Å²) < 4.78 is 29.7. The van der Waals surface area contributed by atoms with E-state index in [9.17, 15) is 13.2 Å². The second kappa shape index (κ2) is 7.21. The summed E-state index contributed by atoms with van der Waals surface area (Å²) in [4.78, 5) is 10.8. The molecule has 2 unspecified atom stereocenters. The summed E-state index contributed by atoms with van der Waals surface area (Å²) in [5, 5.41) is 16.1. The minimum Gasteiger partial charge on any atom is -0.480 e. The van der Waals surface area contributed by atoms with E-state index in [1.807, 2.05) is 4.72 Å². The van der Waals surface area contributed by atoms with E-state index in [2.05, 4.69) is 0 Å². The Bertz CT molecular complexity index is 387. The number of nitrogens with one attached hydrogen (secondary N) is 1. The van der Waals surface area contributed by atoms with Crippen LogP contribution in [0.1, 0.15) is 19.8 Å². The summed E-state index contributed by atoms with van der Waals surface area (Å²) in [5.41, 5.74) is 0. The first kappa shape index (κ1) is 15.8. The largest absolute Gasteiger partial charge is 0.480 e. The van der Waals surface area contributed by atoms with Crippen molar-refractivity contribution in [3.63, 3.8) is 0 Å². The normalized spacial score (nSPS) is 14.9. The first-order valence-electron chi connectivity index (χ1n) is 4.97. The number of carbonyl (C=O) groups is 1. The minimum atomic E-state index is -3.92. The number of aliphatic carboxylic acids is 1. The summed E-state index contributed by atoms with van der Waals surface area (Å²) in [6.07, 6.45) is 0.525. The minimum absolute atomic E-state index is 0.112. The molecule has 0 aliphatic heterocycles. The summed E-state index contributed by atoms with van der Waals surface area (Å²) in [7, 11) is -2.45. The molecular weight excluding hydrogens is 248 g/mol. The molecule has 7 nitrogen and oxygen atoms in total. The molecule has 0 spiro atoms. The average Bonchev–Trinajstić information content (AvgIpc) is 2.26. The van der Waals surface area contributed by atoms with Gasteiger partial charge in [-0.1, -0.05) is 0 Å². The van der Waals surface area contributed by atoms with Crippen molar-refractivity contribution in [2.75, 3.05) is 13.7 Å². The van der Waals surface area contributed by atoms with Crippen LogP contribution >= 0.6 is 0 Å². The van der Waals surface area contributed by atoms with Gasteiger partial charge >= 0.3 is 5.97 Å². The van der Waals surface area contributed by atoms with Gasteiger partial charge < -0.3 is 9.84 Å². The van der Waals surface area contributed by atoms with Gasteiger partial charge in [-0.15, -0.1) is 0 Å². The van der Waals surface area contributed by atoms with Gasteiger partial charge in [-0.2, -0.15) is 9.98 Å². The highest BCUT2D eigenvalue weighted by molar-refractivity contribution is 7.90. The van der Waals surface area contributed by atoms with Crippen LogP contribution in [0.15, 0.2) is 0 Å². The third kappa shape index (κ3) is 5.63. The number of rotatable bonds is 8. The predicted molar refractivity (Wildman–Crippen MR) is 59.7 cm³/mol. The van der Waals surface area contributed by atoms with Crippen LogP contribution in [0.4, 0.5) is 0 Å². The lowest BCUT2D eigenvalue weighted by Crippen LogP contribution is -2.44. The van der Waals surface area contributed by atoms with Gasteiger partial charge in [0.05, 0.1) is 6.07 Å². The number of carboxylic acid groups (broad SMARTS) is 1. The van der Waals surface area contributed by atoms with E-state index < -0.39 is 27.3 Å². The molecule has 0 heterocycles. The maximum absolute atomic E-state index is 11.5. The highest BCUT2D eigenvalue weighted by atomic mass is 32.2. The third-order valence-electron chi connectivity index (χ3n) is 2.09. The Labute approximate surface area is 100 Å². The van der Waals surface area contributed by atoms with Gasteiger partial charge in [0.2, 0.25) is 10.0 Å². The number of nitrogens with zero attached hydrogens (tertiary/aromatic N) is 1. The molecule has 0 fully saturated rings. The topological polar surface area (TPSA) is 116 Å². The van der Waals surface area contributed by atoms with E-state index in [0.29, 0.717) is 13.0 Å². The van der Waals surface area contributed by atoms with Gasteiger partial charge in [-0.05, 0) is 19.8 Å². The Hall–Kier alpha value is -1.17. The number of carboxylic acids is 1. The van der Waals surface area contributed by atoms with Crippen LogP contribution in [0, 0.1) is 11.3 Å². The first-order chi connectivity index (χ1) is 7.85. The average molecular weight is 264 g/mol. The Balaban J connectivity index is 4.56. The maximum atomic E-state index is 11.5. The summed E-state index contributed by atoms with van der Waals surface area (Å²) in [5.74, 6) is -1.27. The molecule has 0 amide bonds. The van der Waals surface area contributed by atoms with Crippen molar-refractivity contribution < 1.29 is 23.1 Å². The zero-order valence-corrected chi connectivity index (χ0v) is 10.5. The fourth-order valence-electron chi connectivity index (χ4n) is 1.03. The predicted octanol–water partition coefficient (Wildman–Crippen LogP) is -0.302. The molecule has 0 rings (SSSR count). The summed E-state index contributed by atoms with van der Waals surface area (Å²) >= 11 is 0. The Morgan fingerprint density at radius 3 is 2.59 bits per heavy atom. The van der Waals surface area contributed by atoms with Crippen LogP contribution in [0.5, 0.6) is 0 Å². The summed E-state index contributed by atoms with van der Waals surface area (Å²) in [6.45, 7) is 1.54. The molecule has 0 bridgehead atoms. The fraction of sp³-hybridized carbons (Fsp3) is 0.778. The third-order valence-corrected chi connectivity index (χ3v) is 3.74. The molecule has 8 heteroatoms. The van der Waals surface area contributed by atoms with Gasteiger partial charge in [0, 0.05) is 13.7 Å². The number of sulfonamides is 1. The zero-order valence-electron chi connectivity index (χ0n) is 9.71. The van der Waals surface area contributed by atoms with Crippen molar-refractivity contribution in [2.24, 2.45) is 0 Å². The number of nitriles is 1. The number of ether oxygens (including phenoxy) is 1. The lowest BCUT2D eigenvalue weighted by Gasteiger charge is -2.15. The van der Waals surface area contributed by atoms with Crippen LogP contribution < -0.4 is 4.72 Å². The van der Waals surface area contributed by atoms with E-state index >= 15 is 0 Å². The monoisotopic (exact) mass is 264 g/mol. The molecule has 0 saturated carbocycles. The fourth-order valence-corrected chi connectivity index (χ4v) is 1.99. The molecule has 98 valence electrons. The molecule has 0 saturated heterocycles. The molecule has 2 atom stereocenters. The van der Waals surface area contributed by atoms with Gasteiger partial charge in [0.25, 0.3) is 0 Å². The van der Waals surface area contributed by atoms with E-state index in [4.69, 9.17) is 15.1 Å². The number of hydrogen-bond donors (Lipinski definition) is 2. The summed E-state index contributed by atoms with van der Waals surface area (Å²) in [6, 6.07) is 0.318. The molecule has 2 N–H and O–H groups in total. The lowest BCUT2D eigenvalue weighted by molar-refractivity contribution is -0.139. The quantitative estimate of drug-likeness (QED) is 0.581. The van der Waals surface area contributed by atoms with E-state index in [1.54, 1.807) is 6.07 Å². The smallest absolute Gasteiger partial charge is 0.321 e. The molecule has 17 heavy (non-hydrogen) atoms. The SMILES string of the molecule is COCCCC(NS(=O)(=O)C(C)C#N)C(=O)O. The van der Waals surface area contributed by atoms with Crippen LogP contribution in [0.3, 0.4) is 0 Å². The highest BCUT2D eigenvalue weighted by Crippen LogP contribution is 2.04. The number of hydrogen-bond acceptors (Lipinski definition) is 5. The lowest BCUT2D eigenvalue weighted by atomic mass is 10.2.